The summed E-state index contributed by atoms with van der Waals surface area (Å²) in [5, 5.41) is 2.96. The van der Waals surface area contributed by atoms with Gasteiger partial charge in [0.1, 0.15) is 23.7 Å². The van der Waals surface area contributed by atoms with Crippen LogP contribution in [0.5, 0.6) is 5.75 Å². The number of nitrogens with zero attached hydrogens (tertiary/aromatic N) is 1. The summed E-state index contributed by atoms with van der Waals surface area (Å²) in [6.45, 7) is 0.429. The molecular weight excluding hydrogens is 282 g/mol. The zero-order chi connectivity index (χ0) is 14.5. The van der Waals surface area contributed by atoms with E-state index in [-0.39, 0.29) is 0 Å². The fourth-order valence-corrected chi connectivity index (χ4v) is 2.62. The molecule has 0 aliphatic rings. The highest BCUT2D eigenvalue weighted by Crippen LogP contribution is 2.22. The van der Waals surface area contributed by atoms with Gasteiger partial charge in [0.25, 0.3) is 0 Å². The van der Waals surface area contributed by atoms with Gasteiger partial charge in [0, 0.05) is 16.5 Å². The van der Waals surface area contributed by atoms with Crippen molar-refractivity contribution in [2.45, 2.75) is 6.61 Å². The first kappa shape index (κ1) is 13.5. The van der Waals surface area contributed by atoms with Crippen molar-refractivity contribution in [3.63, 3.8) is 0 Å². The summed E-state index contributed by atoms with van der Waals surface area (Å²) >= 11 is 1.58. The molecular formula is C17H13NO2S. The number of hydrogen-bond acceptors (Lipinski definition) is 4. The van der Waals surface area contributed by atoms with E-state index >= 15 is 0 Å². The van der Waals surface area contributed by atoms with Crippen LogP contribution in [0.2, 0.25) is 0 Å². The molecule has 0 atom stereocenters. The Balaban J connectivity index is 1.66. The lowest BCUT2D eigenvalue weighted by Crippen LogP contribution is -1.95. The fourth-order valence-electron chi connectivity index (χ4n) is 1.91. The van der Waals surface area contributed by atoms with Gasteiger partial charge < -0.3 is 4.74 Å². The van der Waals surface area contributed by atoms with Crippen molar-refractivity contribution >= 4 is 17.6 Å². The summed E-state index contributed by atoms with van der Waals surface area (Å²) in [5.74, 6) is 0.733. The molecule has 0 spiro atoms. The Labute approximate surface area is 126 Å². The van der Waals surface area contributed by atoms with Gasteiger partial charge in [0.05, 0.1) is 5.69 Å². The van der Waals surface area contributed by atoms with E-state index in [0.717, 1.165) is 28.3 Å². The summed E-state index contributed by atoms with van der Waals surface area (Å²) in [4.78, 5) is 15.2. The molecule has 104 valence electrons. The predicted octanol–water partition coefficient (Wildman–Crippen LogP) is 4.20. The molecule has 0 saturated carbocycles. The summed E-state index contributed by atoms with van der Waals surface area (Å²) in [6.07, 6.45) is 0.816. The Morgan fingerprint density at radius 2 is 1.81 bits per heavy atom. The first-order valence-electron chi connectivity index (χ1n) is 6.53. The molecule has 0 N–H and O–H groups in total. The second-order valence-electron chi connectivity index (χ2n) is 4.47. The van der Waals surface area contributed by atoms with E-state index < -0.39 is 0 Å². The molecule has 0 aliphatic carbocycles. The summed E-state index contributed by atoms with van der Waals surface area (Å²) in [6, 6.07) is 17.1. The van der Waals surface area contributed by atoms with Crippen molar-refractivity contribution < 1.29 is 9.53 Å². The topological polar surface area (TPSA) is 39.2 Å². The van der Waals surface area contributed by atoms with Gasteiger partial charge in [-0.25, -0.2) is 4.98 Å². The Morgan fingerprint density at radius 1 is 1.05 bits per heavy atom. The van der Waals surface area contributed by atoms with E-state index in [0.29, 0.717) is 12.2 Å². The molecule has 4 heteroatoms. The van der Waals surface area contributed by atoms with Crippen LogP contribution in [0.25, 0.3) is 11.3 Å². The number of rotatable bonds is 5. The smallest absolute Gasteiger partial charge is 0.150 e. The fraction of sp³-hybridized carbons (Fsp3) is 0.0588. The van der Waals surface area contributed by atoms with Crippen LogP contribution in [0.15, 0.2) is 60.0 Å². The minimum atomic E-state index is 0.429. The van der Waals surface area contributed by atoms with Crippen LogP contribution < -0.4 is 4.74 Å². The third-order valence-corrected chi connectivity index (χ3v) is 3.82. The second kappa shape index (κ2) is 6.33. The Morgan fingerprint density at radius 3 is 2.52 bits per heavy atom. The number of carbonyl (C=O) groups excluding carboxylic acids is 1. The monoisotopic (exact) mass is 295 g/mol. The van der Waals surface area contributed by atoms with E-state index in [1.807, 2.05) is 35.7 Å². The third kappa shape index (κ3) is 3.35. The molecule has 21 heavy (non-hydrogen) atoms. The highest BCUT2D eigenvalue weighted by Gasteiger charge is 2.05. The molecule has 0 amide bonds. The van der Waals surface area contributed by atoms with Crippen molar-refractivity contribution in [1.29, 1.82) is 0 Å². The molecule has 0 bridgehead atoms. The van der Waals surface area contributed by atoms with Gasteiger partial charge in [0.2, 0.25) is 0 Å². The van der Waals surface area contributed by atoms with Crippen LogP contribution in [0, 0.1) is 0 Å². The van der Waals surface area contributed by atoms with Crippen molar-refractivity contribution in [3.8, 4) is 17.0 Å². The third-order valence-electron chi connectivity index (χ3n) is 3.00. The molecule has 2 aromatic carbocycles. The molecule has 3 aromatic rings. The Hall–Kier alpha value is -2.46. The first-order chi connectivity index (χ1) is 10.3. The molecule has 0 aliphatic heterocycles. The van der Waals surface area contributed by atoms with Crippen LogP contribution >= 0.6 is 11.3 Å². The SMILES string of the molecule is O=Cc1ccc(OCc2nc(-c3ccccc3)cs2)cc1. The zero-order valence-electron chi connectivity index (χ0n) is 11.2. The molecule has 0 unspecified atom stereocenters. The maximum Gasteiger partial charge on any atom is 0.150 e. The van der Waals surface area contributed by atoms with E-state index in [4.69, 9.17) is 4.74 Å². The Bertz CT molecular complexity index is 720. The summed E-state index contributed by atoms with van der Waals surface area (Å²) in [5.41, 5.74) is 2.72. The molecule has 1 aromatic heterocycles. The van der Waals surface area contributed by atoms with E-state index in [9.17, 15) is 4.79 Å². The van der Waals surface area contributed by atoms with Gasteiger partial charge in [-0.1, -0.05) is 30.3 Å². The molecule has 0 fully saturated rings. The lowest BCUT2D eigenvalue weighted by Gasteiger charge is -2.03. The van der Waals surface area contributed by atoms with Gasteiger partial charge >= 0.3 is 0 Å². The average molecular weight is 295 g/mol. The number of benzene rings is 2. The van der Waals surface area contributed by atoms with Crippen molar-refractivity contribution in [2.24, 2.45) is 0 Å². The number of ether oxygens (including phenoxy) is 1. The molecule has 3 nitrogen and oxygen atoms in total. The zero-order valence-corrected chi connectivity index (χ0v) is 12.0. The van der Waals surface area contributed by atoms with Gasteiger partial charge in [-0.3, -0.25) is 4.79 Å². The number of carbonyl (C=O) groups is 1. The van der Waals surface area contributed by atoms with Crippen molar-refractivity contribution in [3.05, 3.63) is 70.5 Å². The summed E-state index contributed by atoms with van der Waals surface area (Å²) < 4.78 is 5.67. The molecule has 0 saturated heterocycles. The van der Waals surface area contributed by atoms with Gasteiger partial charge in [-0.15, -0.1) is 11.3 Å². The van der Waals surface area contributed by atoms with Gasteiger partial charge in [0.15, 0.2) is 0 Å². The summed E-state index contributed by atoms with van der Waals surface area (Å²) in [7, 11) is 0. The van der Waals surface area contributed by atoms with E-state index in [1.54, 1.807) is 35.6 Å². The first-order valence-corrected chi connectivity index (χ1v) is 7.41. The standard InChI is InChI=1S/C17H13NO2S/c19-10-13-6-8-15(9-7-13)20-11-17-18-16(12-21-17)14-4-2-1-3-5-14/h1-10,12H,11H2. The normalized spacial score (nSPS) is 10.3. The van der Waals surface area contributed by atoms with Crippen molar-refractivity contribution in [2.75, 3.05) is 0 Å². The van der Waals surface area contributed by atoms with Crippen LogP contribution in [0.3, 0.4) is 0 Å². The number of thiazole rings is 1. The van der Waals surface area contributed by atoms with Gasteiger partial charge in [-0.05, 0) is 24.3 Å². The number of aldehydes is 1. The highest BCUT2D eigenvalue weighted by molar-refractivity contribution is 7.09. The molecule has 1 heterocycles. The Kier molecular flexibility index (Phi) is 4.07. The quantitative estimate of drug-likeness (QED) is 0.662. The molecule has 3 rings (SSSR count). The number of hydrogen-bond donors (Lipinski definition) is 0. The average Bonchev–Trinajstić information content (AvgIpc) is 3.03. The van der Waals surface area contributed by atoms with E-state index in [2.05, 4.69) is 4.98 Å². The largest absolute Gasteiger partial charge is 0.486 e. The predicted molar refractivity (Wildman–Crippen MR) is 83.7 cm³/mol. The minimum absolute atomic E-state index is 0.429. The van der Waals surface area contributed by atoms with Gasteiger partial charge in [-0.2, -0.15) is 0 Å². The van der Waals surface area contributed by atoms with Crippen LogP contribution in [0.4, 0.5) is 0 Å². The minimum Gasteiger partial charge on any atom is -0.486 e. The van der Waals surface area contributed by atoms with Crippen LogP contribution in [-0.4, -0.2) is 11.3 Å². The van der Waals surface area contributed by atoms with Crippen molar-refractivity contribution in [1.82, 2.24) is 4.98 Å². The maximum atomic E-state index is 10.6. The van der Waals surface area contributed by atoms with Crippen LogP contribution in [0.1, 0.15) is 15.4 Å². The lowest BCUT2D eigenvalue weighted by molar-refractivity contribution is 0.112. The second-order valence-corrected chi connectivity index (χ2v) is 5.41. The maximum absolute atomic E-state index is 10.6. The van der Waals surface area contributed by atoms with Crippen LogP contribution in [-0.2, 0) is 6.61 Å². The highest BCUT2D eigenvalue weighted by atomic mass is 32.1. The van der Waals surface area contributed by atoms with E-state index in [1.165, 1.54) is 0 Å². The lowest BCUT2D eigenvalue weighted by atomic mass is 10.2. The molecule has 0 radical (unpaired) electrons. The number of aromatic nitrogens is 1.